The quantitative estimate of drug-likeness (QED) is 0.784. The van der Waals surface area contributed by atoms with Crippen LogP contribution in [0, 0.1) is 6.92 Å². The van der Waals surface area contributed by atoms with Crippen LogP contribution in [-0.2, 0) is 0 Å². The van der Waals surface area contributed by atoms with Crippen molar-refractivity contribution in [1.29, 1.82) is 0 Å². The zero-order chi connectivity index (χ0) is 10.8. The number of hydrogen-bond acceptors (Lipinski definition) is 2. The Bertz CT molecular complexity index is 308. The van der Waals surface area contributed by atoms with Crippen molar-refractivity contribution in [3.8, 4) is 5.75 Å². The smallest absolute Gasteiger partial charge is 0.166 e. The van der Waals surface area contributed by atoms with Crippen molar-refractivity contribution >= 4 is 11.6 Å². The fraction of sp³-hybridized carbons (Fsp3) is 0.455. The summed E-state index contributed by atoms with van der Waals surface area (Å²) in [7, 11) is 0. The van der Waals surface area contributed by atoms with Gasteiger partial charge in [0.05, 0.1) is 0 Å². The lowest BCUT2D eigenvalue weighted by molar-refractivity contribution is 0.0162. The maximum absolute atomic E-state index is 9.27. The van der Waals surface area contributed by atoms with Crippen LogP contribution in [0.4, 0.5) is 0 Å². The number of benzene rings is 1. The normalized spacial score (nSPS) is 13.8. The van der Waals surface area contributed by atoms with Gasteiger partial charge in [0.2, 0.25) is 0 Å². The van der Waals surface area contributed by atoms with Crippen LogP contribution in [0.2, 0.25) is 0 Å². The fourth-order valence-electron chi connectivity index (χ4n) is 1.00. The van der Waals surface area contributed by atoms with Crippen LogP contribution in [0.25, 0.3) is 0 Å². The SMILES string of the molecule is Cc1ccccc1OC(C)(C)C(O)Cl. The predicted octanol–water partition coefficient (Wildman–Crippen LogP) is 2.71. The van der Waals surface area contributed by atoms with Gasteiger partial charge in [-0.2, -0.15) is 0 Å². The molecule has 0 bridgehead atoms. The van der Waals surface area contributed by atoms with Crippen LogP contribution < -0.4 is 4.74 Å². The Hall–Kier alpha value is -0.730. The lowest BCUT2D eigenvalue weighted by atomic mass is 10.1. The number of ether oxygens (including phenoxy) is 1. The van der Waals surface area contributed by atoms with Gasteiger partial charge in [-0.15, -0.1) is 0 Å². The molecule has 1 aromatic carbocycles. The Morgan fingerprint density at radius 1 is 1.36 bits per heavy atom. The molecule has 0 saturated heterocycles. The molecule has 1 atom stereocenters. The Morgan fingerprint density at radius 3 is 2.43 bits per heavy atom. The minimum Gasteiger partial charge on any atom is -0.484 e. The molecule has 0 heterocycles. The Labute approximate surface area is 89.5 Å². The molecular weight excluding hydrogens is 200 g/mol. The number of halogens is 1. The highest BCUT2D eigenvalue weighted by Crippen LogP contribution is 2.25. The van der Waals surface area contributed by atoms with E-state index in [0.29, 0.717) is 0 Å². The molecule has 78 valence electrons. The molecule has 0 aromatic heterocycles. The van der Waals surface area contributed by atoms with Crippen LogP contribution in [0.3, 0.4) is 0 Å². The first kappa shape index (κ1) is 11.3. The van der Waals surface area contributed by atoms with Crippen LogP contribution in [0.1, 0.15) is 19.4 Å². The minimum atomic E-state index is -1.03. The van der Waals surface area contributed by atoms with E-state index in [1.807, 2.05) is 31.2 Å². The van der Waals surface area contributed by atoms with Crippen molar-refractivity contribution in [2.75, 3.05) is 0 Å². The molecule has 1 aromatic rings. The minimum absolute atomic E-state index is 0.747. The molecule has 1 N–H and O–H groups in total. The highest BCUT2D eigenvalue weighted by atomic mass is 35.5. The summed E-state index contributed by atoms with van der Waals surface area (Å²) >= 11 is 5.60. The van der Waals surface area contributed by atoms with Crippen molar-refractivity contribution in [3.63, 3.8) is 0 Å². The first-order chi connectivity index (χ1) is 6.43. The van der Waals surface area contributed by atoms with E-state index in [9.17, 15) is 5.11 Å². The Kier molecular flexibility index (Phi) is 3.40. The van der Waals surface area contributed by atoms with Gasteiger partial charge in [0.1, 0.15) is 11.4 Å². The third kappa shape index (κ3) is 2.63. The monoisotopic (exact) mass is 214 g/mol. The van der Waals surface area contributed by atoms with Gasteiger partial charge in [0, 0.05) is 0 Å². The fourth-order valence-corrected chi connectivity index (χ4v) is 1.05. The van der Waals surface area contributed by atoms with E-state index in [4.69, 9.17) is 16.3 Å². The van der Waals surface area contributed by atoms with Gasteiger partial charge in [0.25, 0.3) is 0 Å². The molecule has 0 aliphatic rings. The summed E-state index contributed by atoms with van der Waals surface area (Å²) in [6, 6.07) is 7.63. The van der Waals surface area contributed by atoms with Gasteiger partial charge in [-0.1, -0.05) is 29.8 Å². The van der Waals surface area contributed by atoms with Crippen molar-refractivity contribution < 1.29 is 9.84 Å². The summed E-state index contributed by atoms with van der Waals surface area (Å²) in [5, 5.41) is 9.27. The topological polar surface area (TPSA) is 29.5 Å². The summed E-state index contributed by atoms with van der Waals surface area (Å²) in [4.78, 5) is 0. The highest BCUT2D eigenvalue weighted by Gasteiger charge is 2.28. The van der Waals surface area contributed by atoms with Crippen molar-refractivity contribution in [2.45, 2.75) is 31.9 Å². The number of para-hydroxylation sites is 1. The predicted molar refractivity (Wildman–Crippen MR) is 57.7 cm³/mol. The van der Waals surface area contributed by atoms with Crippen LogP contribution >= 0.6 is 11.6 Å². The van der Waals surface area contributed by atoms with Crippen LogP contribution in [0.15, 0.2) is 24.3 Å². The molecule has 0 aliphatic carbocycles. The molecule has 0 saturated carbocycles. The van der Waals surface area contributed by atoms with Crippen LogP contribution in [0.5, 0.6) is 5.75 Å². The largest absolute Gasteiger partial charge is 0.484 e. The summed E-state index contributed by atoms with van der Waals surface area (Å²) in [6.45, 7) is 5.44. The van der Waals surface area contributed by atoms with Crippen molar-refractivity contribution in [2.24, 2.45) is 0 Å². The number of hydrogen-bond donors (Lipinski definition) is 1. The van der Waals surface area contributed by atoms with Crippen LogP contribution in [-0.4, -0.2) is 16.3 Å². The van der Waals surface area contributed by atoms with E-state index in [2.05, 4.69) is 0 Å². The zero-order valence-electron chi connectivity index (χ0n) is 8.62. The molecule has 1 unspecified atom stereocenters. The highest BCUT2D eigenvalue weighted by molar-refractivity contribution is 6.20. The van der Waals surface area contributed by atoms with E-state index < -0.39 is 11.2 Å². The molecular formula is C11H15ClO2. The first-order valence-electron chi connectivity index (χ1n) is 4.50. The van der Waals surface area contributed by atoms with E-state index in [1.54, 1.807) is 13.8 Å². The molecule has 3 heteroatoms. The van der Waals surface area contributed by atoms with E-state index in [0.717, 1.165) is 11.3 Å². The number of aliphatic hydroxyl groups is 1. The number of aryl methyl sites for hydroxylation is 1. The maximum Gasteiger partial charge on any atom is 0.166 e. The average Bonchev–Trinajstić information content (AvgIpc) is 2.08. The van der Waals surface area contributed by atoms with E-state index >= 15 is 0 Å². The van der Waals surface area contributed by atoms with Gasteiger partial charge in [-0.05, 0) is 32.4 Å². The molecule has 0 aliphatic heterocycles. The molecule has 0 radical (unpaired) electrons. The second kappa shape index (κ2) is 4.20. The van der Waals surface area contributed by atoms with Gasteiger partial charge >= 0.3 is 0 Å². The summed E-state index contributed by atoms with van der Waals surface area (Å²) in [6.07, 6.45) is 0. The van der Waals surface area contributed by atoms with E-state index in [1.165, 1.54) is 0 Å². The Morgan fingerprint density at radius 2 is 1.93 bits per heavy atom. The average molecular weight is 215 g/mol. The number of alkyl halides is 1. The molecule has 0 amide bonds. The lowest BCUT2D eigenvalue weighted by Gasteiger charge is -2.28. The van der Waals surface area contributed by atoms with Gasteiger partial charge in [-0.3, -0.25) is 0 Å². The molecule has 14 heavy (non-hydrogen) atoms. The first-order valence-corrected chi connectivity index (χ1v) is 4.94. The lowest BCUT2D eigenvalue weighted by Crippen LogP contribution is -2.38. The molecule has 0 spiro atoms. The Balaban J connectivity index is 2.84. The molecule has 0 fully saturated rings. The summed E-state index contributed by atoms with van der Waals surface area (Å²) in [5.74, 6) is 0.747. The number of rotatable bonds is 3. The number of aliphatic hydroxyl groups excluding tert-OH is 1. The second-order valence-corrected chi connectivity index (χ2v) is 4.22. The third-order valence-electron chi connectivity index (χ3n) is 2.04. The summed E-state index contributed by atoms with van der Waals surface area (Å²) < 4.78 is 5.61. The molecule has 1 rings (SSSR count). The van der Waals surface area contributed by atoms with E-state index in [-0.39, 0.29) is 0 Å². The van der Waals surface area contributed by atoms with Gasteiger partial charge in [0.15, 0.2) is 5.56 Å². The maximum atomic E-state index is 9.27. The van der Waals surface area contributed by atoms with Crippen molar-refractivity contribution in [1.82, 2.24) is 0 Å². The van der Waals surface area contributed by atoms with Gasteiger partial charge in [-0.25, -0.2) is 0 Å². The van der Waals surface area contributed by atoms with Gasteiger partial charge < -0.3 is 9.84 Å². The van der Waals surface area contributed by atoms with Crippen molar-refractivity contribution in [3.05, 3.63) is 29.8 Å². The molecule has 2 nitrogen and oxygen atoms in total. The standard InChI is InChI=1S/C11H15ClO2/c1-8-6-4-5-7-9(8)14-11(2,3)10(12)13/h4-7,10,13H,1-3H3. The third-order valence-corrected chi connectivity index (χ3v) is 2.57. The zero-order valence-corrected chi connectivity index (χ0v) is 9.38. The second-order valence-electron chi connectivity index (χ2n) is 3.81. The summed E-state index contributed by atoms with van der Waals surface area (Å²) in [5.41, 5.74) is -0.784.